The largest absolute Gasteiger partial charge is 0.444 e. The van der Waals surface area contributed by atoms with E-state index in [1.165, 1.54) is 0 Å². The van der Waals surface area contributed by atoms with Gasteiger partial charge in [-0.05, 0) is 40.0 Å². The molecule has 0 spiro atoms. The Labute approximate surface area is 111 Å². The fraction of sp³-hybridized carbons (Fsp3) is 0.917. The monoisotopic (exact) mass is 309 g/mol. The second kappa shape index (κ2) is 5.55. The van der Waals surface area contributed by atoms with Gasteiger partial charge in [0.1, 0.15) is 11.3 Å². The van der Waals surface area contributed by atoms with Gasteiger partial charge in [-0.1, -0.05) is 15.9 Å². The third-order valence-electron chi connectivity index (χ3n) is 2.75. The van der Waals surface area contributed by atoms with Crippen LogP contribution < -0.4 is 5.32 Å². The standard InChI is InChI=1S/C12H21BrFNO2/c1-11(2,3)17-10(16)15-9-5-4-6-12(14,7-9)8-13/h9H,4-8H2,1-3H3,(H,15,16). The third kappa shape index (κ3) is 5.23. The predicted octanol–water partition coefficient (Wildman–Crippen LogP) is 3.56. The molecule has 0 heterocycles. The van der Waals surface area contributed by atoms with Gasteiger partial charge in [-0.15, -0.1) is 0 Å². The van der Waals surface area contributed by atoms with Crippen molar-refractivity contribution in [2.45, 2.75) is 63.8 Å². The van der Waals surface area contributed by atoms with Crippen molar-refractivity contribution < 1.29 is 13.9 Å². The Kier molecular flexibility index (Phi) is 4.81. The maximum atomic E-state index is 14.1. The van der Waals surface area contributed by atoms with Crippen LogP contribution in [-0.4, -0.2) is 28.7 Å². The van der Waals surface area contributed by atoms with Crippen molar-refractivity contribution in [2.75, 3.05) is 5.33 Å². The molecule has 100 valence electrons. The van der Waals surface area contributed by atoms with E-state index in [9.17, 15) is 9.18 Å². The number of carbonyl (C=O) groups is 1. The summed E-state index contributed by atoms with van der Waals surface area (Å²) in [5.74, 6) is 0. The zero-order chi connectivity index (χ0) is 13.1. The smallest absolute Gasteiger partial charge is 0.407 e. The summed E-state index contributed by atoms with van der Waals surface area (Å²) < 4.78 is 19.3. The van der Waals surface area contributed by atoms with Crippen LogP contribution in [0.25, 0.3) is 0 Å². The van der Waals surface area contributed by atoms with Gasteiger partial charge >= 0.3 is 6.09 Å². The Bertz CT molecular complexity index is 280. The summed E-state index contributed by atoms with van der Waals surface area (Å²) in [7, 11) is 0. The molecule has 0 saturated heterocycles. The van der Waals surface area contributed by atoms with Gasteiger partial charge in [-0.3, -0.25) is 0 Å². The van der Waals surface area contributed by atoms with Crippen molar-refractivity contribution in [1.29, 1.82) is 0 Å². The van der Waals surface area contributed by atoms with Gasteiger partial charge in [-0.2, -0.15) is 0 Å². The fourth-order valence-electron chi connectivity index (χ4n) is 2.03. The average molecular weight is 310 g/mol. The van der Waals surface area contributed by atoms with E-state index in [4.69, 9.17) is 4.74 Å². The Hall–Kier alpha value is -0.320. The molecule has 0 aromatic heterocycles. The molecular weight excluding hydrogens is 289 g/mol. The first-order chi connectivity index (χ1) is 7.74. The van der Waals surface area contributed by atoms with Gasteiger partial charge in [0.05, 0.1) is 0 Å². The van der Waals surface area contributed by atoms with Gasteiger partial charge < -0.3 is 10.1 Å². The van der Waals surface area contributed by atoms with Crippen molar-refractivity contribution in [3.05, 3.63) is 0 Å². The molecular formula is C12H21BrFNO2. The normalized spacial score (nSPS) is 29.8. The summed E-state index contributed by atoms with van der Waals surface area (Å²) in [6.45, 7) is 5.43. The Balaban J connectivity index is 2.44. The van der Waals surface area contributed by atoms with Crippen molar-refractivity contribution in [3.63, 3.8) is 0 Å². The lowest BCUT2D eigenvalue weighted by Gasteiger charge is -2.34. The number of hydrogen-bond donors (Lipinski definition) is 1. The average Bonchev–Trinajstić information content (AvgIpc) is 2.14. The summed E-state index contributed by atoms with van der Waals surface area (Å²) in [4.78, 5) is 11.6. The highest BCUT2D eigenvalue weighted by Crippen LogP contribution is 2.33. The van der Waals surface area contributed by atoms with Crippen LogP contribution in [0.2, 0.25) is 0 Å². The molecule has 1 N–H and O–H groups in total. The molecule has 5 heteroatoms. The van der Waals surface area contributed by atoms with E-state index in [0.717, 1.165) is 12.8 Å². The molecule has 1 aliphatic rings. The van der Waals surface area contributed by atoms with Gasteiger partial charge in [0.15, 0.2) is 0 Å². The molecule has 1 aliphatic carbocycles. The molecule has 3 nitrogen and oxygen atoms in total. The lowest BCUT2D eigenvalue weighted by Crippen LogP contribution is -2.46. The SMILES string of the molecule is CC(C)(C)OC(=O)NC1CCCC(F)(CBr)C1. The number of amides is 1. The molecule has 0 aromatic rings. The van der Waals surface area contributed by atoms with Crippen LogP contribution in [0.3, 0.4) is 0 Å². The predicted molar refractivity (Wildman–Crippen MR) is 69.3 cm³/mol. The van der Waals surface area contributed by atoms with E-state index in [0.29, 0.717) is 18.2 Å². The molecule has 0 aliphatic heterocycles. The number of hydrogen-bond acceptors (Lipinski definition) is 2. The highest BCUT2D eigenvalue weighted by Gasteiger charge is 2.36. The topological polar surface area (TPSA) is 38.3 Å². The van der Waals surface area contributed by atoms with E-state index >= 15 is 0 Å². The number of alkyl carbamates (subject to hydrolysis) is 1. The molecule has 1 amide bonds. The summed E-state index contributed by atoms with van der Waals surface area (Å²) >= 11 is 3.19. The maximum Gasteiger partial charge on any atom is 0.407 e. The molecule has 0 aromatic carbocycles. The molecule has 2 atom stereocenters. The zero-order valence-electron chi connectivity index (χ0n) is 10.7. The van der Waals surface area contributed by atoms with E-state index in [1.807, 2.05) is 20.8 Å². The summed E-state index contributed by atoms with van der Waals surface area (Å²) in [6, 6.07) is -0.124. The molecule has 1 rings (SSSR count). The highest BCUT2D eigenvalue weighted by atomic mass is 79.9. The van der Waals surface area contributed by atoms with Crippen LogP contribution in [0.1, 0.15) is 46.5 Å². The summed E-state index contributed by atoms with van der Waals surface area (Å²) in [5.41, 5.74) is -1.71. The molecule has 2 unspecified atom stereocenters. The van der Waals surface area contributed by atoms with Crippen molar-refractivity contribution in [3.8, 4) is 0 Å². The maximum absolute atomic E-state index is 14.1. The number of ether oxygens (including phenoxy) is 1. The van der Waals surface area contributed by atoms with Crippen LogP contribution in [0.5, 0.6) is 0 Å². The first-order valence-corrected chi connectivity index (χ1v) is 7.11. The quantitative estimate of drug-likeness (QED) is 0.792. The number of carbonyl (C=O) groups excluding carboxylic acids is 1. The van der Waals surface area contributed by atoms with Gasteiger partial charge in [-0.25, -0.2) is 9.18 Å². The fourth-order valence-corrected chi connectivity index (χ4v) is 2.54. The van der Waals surface area contributed by atoms with Gasteiger partial charge in [0.25, 0.3) is 0 Å². The molecule has 0 radical (unpaired) electrons. The number of halogens is 2. The van der Waals surface area contributed by atoms with E-state index in [1.54, 1.807) is 0 Å². The van der Waals surface area contributed by atoms with Crippen LogP contribution in [-0.2, 0) is 4.74 Å². The number of nitrogens with one attached hydrogen (secondary N) is 1. The van der Waals surface area contributed by atoms with E-state index < -0.39 is 17.4 Å². The van der Waals surface area contributed by atoms with E-state index in [-0.39, 0.29) is 6.04 Å². The number of alkyl halides is 2. The van der Waals surface area contributed by atoms with Crippen molar-refractivity contribution in [2.24, 2.45) is 0 Å². The first kappa shape index (κ1) is 14.7. The molecule has 1 fully saturated rings. The van der Waals surface area contributed by atoms with E-state index in [2.05, 4.69) is 21.2 Å². The minimum atomic E-state index is -1.20. The van der Waals surface area contributed by atoms with Crippen molar-refractivity contribution >= 4 is 22.0 Å². The highest BCUT2D eigenvalue weighted by molar-refractivity contribution is 9.09. The Morgan fingerprint density at radius 2 is 2.24 bits per heavy atom. The van der Waals surface area contributed by atoms with Gasteiger partial charge in [0, 0.05) is 17.8 Å². The van der Waals surface area contributed by atoms with Crippen LogP contribution in [0.15, 0.2) is 0 Å². The second-order valence-electron chi connectivity index (χ2n) is 5.72. The zero-order valence-corrected chi connectivity index (χ0v) is 12.3. The van der Waals surface area contributed by atoms with Gasteiger partial charge in [0.2, 0.25) is 0 Å². The van der Waals surface area contributed by atoms with Crippen molar-refractivity contribution in [1.82, 2.24) is 5.32 Å². The lowest BCUT2D eigenvalue weighted by atomic mass is 9.84. The second-order valence-corrected chi connectivity index (χ2v) is 6.28. The molecule has 0 bridgehead atoms. The minimum Gasteiger partial charge on any atom is -0.444 e. The summed E-state index contributed by atoms with van der Waals surface area (Å²) in [6.07, 6.45) is 2.07. The minimum absolute atomic E-state index is 0.124. The summed E-state index contributed by atoms with van der Waals surface area (Å²) in [5, 5.41) is 3.07. The number of rotatable bonds is 2. The Morgan fingerprint density at radius 1 is 1.59 bits per heavy atom. The van der Waals surface area contributed by atoms with Crippen LogP contribution in [0, 0.1) is 0 Å². The molecule has 17 heavy (non-hydrogen) atoms. The lowest BCUT2D eigenvalue weighted by molar-refractivity contribution is 0.0442. The molecule has 1 saturated carbocycles. The van der Waals surface area contributed by atoms with Crippen LogP contribution in [0.4, 0.5) is 9.18 Å². The first-order valence-electron chi connectivity index (χ1n) is 5.98. The Morgan fingerprint density at radius 3 is 2.76 bits per heavy atom. The van der Waals surface area contributed by atoms with Crippen LogP contribution >= 0.6 is 15.9 Å². The third-order valence-corrected chi connectivity index (χ3v) is 3.75.